The molecule has 0 radical (unpaired) electrons. The van der Waals surface area contributed by atoms with E-state index in [0.29, 0.717) is 17.1 Å². The number of aromatic nitrogens is 3. The fraction of sp³-hybridized carbons (Fsp3) is 0.294. The smallest absolute Gasteiger partial charge is 0.160 e. The number of halogens is 1. The van der Waals surface area contributed by atoms with E-state index in [4.69, 9.17) is 16.3 Å². The van der Waals surface area contributed by atoms with Crippen molar-refractivity contribution in [3.8, 4) is 5.75 Å². The predicted octanol–water partition coefficient (Wildman–Crippen LogP) is 3.25. The van der Waals surface area contributed by atoms with E-state index >= 15 is 0 Å². The number of rotatable bonds is 4. The highest BCUT2D eigenvalue weighted by Gasteiger charge is 2.17. The minimum Gasteiger partial charge on any atom is -0.497 e. The summed E-state index contributed by atoms with van der Waals surface area (Å²) in [6.07, 6.45) is 0. The Bertz CT molecular complexity index is 857. The quantitative estimate of drug-likeness (QED) is 0.797. The van der Waals surface area contributed by atoms with Gasteiger partial charge in [-0.05, 0) is 31.5 Å². The van der Waals surface area contributed by atoms with Crippen LogP contribution in [0.4, 0.5) is 0 Å². The van der Waals surface area contributed by atoms with Gasteiger partial charge in [-0.2, -0.15) is 5.10 Å². The maximum atomic E-state index is 9.48. The average Bonchev–Trinajstić information content (AvgIpc) is 2.84. The molecule has 1 N–H and O–H groups in total. The Kier molecular flexibility index (Phi) is 4.24. The number of pyridine rings is 1. The summed E-state index contributed by atoms with van der Waals surface area (Å²) in [6.45, 7) is 4.21. The lowest BCUT2D eigenvalue weighted by molar-refractivity contribution is 0.281. The van der Waals surface area contributed by atoms with Crippen molar-refractivity contribution in [3.05, 3.63) is 51.8 Å². The molecule has 3 aromatic rings. The van der Waals surface area contributed by atoms with Gasteiger partial charge in [0.05, 0.1) is 36.4 Å². The topological polar surface area (TPSA) is 60.2 Å². The van der Waals surface area contributed by atoms with Crippen molar-refractivity contribution in [1.29, 1.82) is 0 Å². The number of ether oxygens (including phenoxy) is 1. The molecule has 2 heterocycles. The maximum absolute atomic E-state index is 9.48. The van der Waals surface area contributed by atoms with Gasteiger partial charge in [0.15, 0.2) is 5.65 Å². The van der Waals surface area contributed by atoms with Crippen LogP contribution in [0.15, 0.2) is 24.3 Å². The molecule has 120 valence electrons. The Morgan fingerprint density at radius 2 is 1.87 bits per heavy atom. The third-order valence-electron chi connectivity index (χ3n) is 3.94. The van der Waals surface area contributed by atoms with Gasteiger partial charge >= 0.3 is 0 Å². The molecule has 0 aliphatic rings. The van der Waals surface area contributed by atoms with Crippen molar-refractivity contribution >= 4 is 22.6 Å². The highest BCUT2D eigenvalue weighted by Crippen LogP contribution is 2.30. The first-order chi connectivity index (χ1) is 11.0. The molecule has 5 nitrogen and oxygen atoms in total. The molecule has 0 unspecified atom stereocenters. The van der Waals surface area contributed by atoms with Crippen LogP contribution in [0, 0.1) is 13.8 Å². The summed E-state index contributed by atoms with van der Waals surface area (Å²) in [4.78, 5) is 4.59. The second kappa shape index (κ2) is 6.18. The number of aryl methyl sites for hydroxylation is 2. The number of benzene rings is 1. The molecule has 0 saturated carbocycles. The fourth-order valence-corrected chi connectivity index (χ4v) is 3.09. The molecule has 6 heteroatoms. The highest BCUT2D eigenvalue weighted by atomic mass is 35.5. The number of hydrogen-bond acceptors (Lipinski definition) is 4. The zero-order chi connectivity index (χ0) is 16.6. The molecule has 0 saturated heterocycles. The van der Waals surface area contributed by atoms with Gasteiger partial charge in [0.1, 0.15) is 5.75 Å². The zero-order valence-corrected chi connectivity index (χ0v) is 14.1. The van der Waals surface area contributed by atoms with Crippen LogP contribution in [0.25, 0.3) is 11.0 Å². The van der Waals surface area contributed by atoms with Crippen molar-refractivity contribution in [2.45, 2.75) is 27.0 Å². The van der Waals surface area contributed by atoms with Gasteiger partial charge < -0.3 is 9.84 Å². The van der Waals surface area contributed by atoms with Gasteiger partial charge in [0, 0.05) is 11.3 Å². The minimum atomic E-state index is -0.128. The molecule has 23 heavy (non-hydrogen) atoms. The molecule has 1 aromatic carbocycles. The molecule has 0 amide bonds. The lowest BCUT2D eigenvalue weighted by Crippen LogP contribution is -2.04. The number of fused-ring (bicyclic) bond motifs is 1. The summed E-state index contributed by atoms with van der Waals surface area (Å²) in [5, 5.41) is 15.4. The molecule has 0 atom stereocenters. The molecule has 0 spiro atoms. The van der Waals surface area contributed by atoms with Gasteiger partial charge in [-0.15, -0.1) is 0 Å². The van der Waals surface area contributed by atoms with E-state index < -0.39 is 0 Å². The maximum Gasteiger partial charge on any atom is 0.160 e. The highest BCUT2D eigenvalue weighted by molar-refractivity contribution is 6.36. The number of aliphatic hydroxyl groups excluding tert-OH is 1. The van der Waals surface area contributed by atoms with Crippen molar-refractivity contribution in [1.82, 2.24) is 14.8 Å². The van der Waals surface area contributed by atoms with Crippen LogP contribution in [0.3, 0.4) is 0 Å². The van der Waals surface area contributed by atoms with E-state index in [9.17, 15) is 5.11 Å². The molecule has 0 bridgehead atoms. The molecular formula is C17H18ClN3O2. The summed E-state index contributed by atoms with van der Waals surface area (Å²) < 4.78 is 7.01. The third-order valence-corrected chi connectivity index (χ3v) is 4.36. The van der Waals surface area contributed by atoms with E-state index in [0.717, 1.165) is 33.7 Å². The second-order valence-corrected chi connectivity index (χ2v) is 5.82. The van der Waals surface area contributed by atoms with E-state index in [2.05, 4.69) is 10.1 Å². The van der Waals surface area contributed by atoms with Crippen LogP contribution in [-0.4, -0.2) is 27.0 Å². The lowest BCUT2D eigenvalue weighted by Gasteiger charge is -2.08. The Labute approximate surface area is 139 Å². The standard InChI is InChI=1S/C17H18ClN3O2/c1-10-14(9-22)16(18)15-11(2)20-21(17(15)19-10)8-12-4-6-13(23-3)7-5-12/h4-7,22H,8-9H2,1-3H3. The van der Waals surface area contributed by atoms with Gasteiger partial charge in [0.25, 0.3) is 0 Å². The Morgan fingerprint density at radius 1 is 1.17 bits per heavy atom. The molecule has 3 rings (SSSR count). The van der Waals surface area contributed by atoms with E-state index in [1.807, 2.05) is 42.8 Å². The van der Waals surface area contributed by atoms with Gasteiger partial charge in [-0.25, -0.2) is 9.67 Å². The van der Waals surface area contributed by atoms with Crippen molar-refractivity contribution < 1.29 is 9.84 Å². The van der Waals surface area contributed by atoms with Crippen molar-refractivity contribution in [2.24, 2.45) is 0 Å². The summed E-state index contributed by atoms with van der Waals surface area (Å²) in [6, 6.07) is 7.84. The fourth-order valence-electron chi connectivity index (χ4n) is 2.67. The second-order valence-electron chi connectivity index (χ2n) is 5.44. The van der Waals surface area contributed by atoms with Gasteiger partial charge in [0.2, 0.25) is 0 Å². The van der Waals surface area contributed by atoms with E-state index in [1.54, 1.807) is 7.11 Å². The molecule has 2 aromatic heterocycles. The Hall–Kier alpha value is -2.11. The van der Waals surface area contributed by atoms with E-state index in [1.165, 1.54) is 0 Å². The summed E-state index contributed by atoms with van der Waals surface area (Å²) in [7, 11) is 1.65. The van der Waals surface area contributed by atoms with Crippen molar-refractivity contribution in [2.75, 3.05) is 7.11 Å². The first-order valence-electron chi connectivity index (χ1n) is 7.31. The number of aliphatic hydroxyl groups is 1. The molecule has 0 aliphatic heterocycles. The van der Waals surface area contributed by atoms with Crippen LogP contribution in [0.2, 0.25) is 5.02 Å². The first-order valence-corrected chi connectivity index (χ1v) is 7.68. The molecule has 0 fully saturated rings. The van der Waals surface area contributed by atoms with Crippen LogP contribution in [0.1, 0.15) is 22.5 Å². The summed E-state index contributed by atoms with van der Waals surface area (Å²) in [5.74, 6) is 0.819. The minimum absolute atomic E-state index is 0.128. The summed E-state index contributed by atoms with van der Waals surface area (Å²) >= 11 is 6.44. The summed E-state index contributed by atoms with van der Waals surface area (Å²) in [5.41, 5.74) is 4.02. The number of nitrogens with zero attached hydrogens (tertiary/aromatic N) is 3. The SMILES string of the molecule is COc1ccc(Cn2nc(C)c3c(Cl)c(CO)c(C)nc32)cc1. The van der Waals surface area contributed by atoms with Gasteiger partial charge in [-0.3, -0.25) is 0 Å². The number of methoxy groups -OCH3 is 1. The normalized spacial score (nSPS) is 11.2. The zero-order valence-electron chi connectivity index (χ0n) is 13.3. The Balaban J connectivity index is 2.07. The van der Waals surface area contributed by atoms with Crippen LogP contribution < -0.4 is 4.74 Å². The van der Waals surface area contributed by atoms with Crippen molar-refractivity contribution in [3.63, 3.8) is 0 Å². The average molecular weight is 332 g/mol. The lowest BCUT2D eigenvalue weighted by atomic mass is 10.1. The third kappa shape index (κ3) is 2.78. The van der Waals surface area contributed by atoms with Crippen LogP contribution >= 0.6 is 11.6 Å². The predicted molar refractivity (Wildman–Crippen MR) is 90.0 cm³/mol. The van der Waals surface area contributed by atoms with Crippen LogP contribution in [-0.2, 0) is 13.2 Å². The first kappa shape index (κ1) is 15.8. The molecular weight excluding hydrogens is 314 g/mol. The molecule has 0 aliphatic carbocycles. The van der Waals surface area contributed by atoms with E-state index in [-0.39, 0.29) is 6.61 Å². The monoisotopic (exact) mass is 331 g/mol. The largest absolute Gasteiger partial charge is 0.497 e. The van der Waals surface area contributed by atoms with Gasteiger partial charge in [-0.1, -0.05) is 23.7 Å². The number of hydrogen-bond donors (Lipinski definition) is 1. The van der Waals surface area contributed by atoms with Crippen LogP contribution in [0.5, 0.6) is 5.75 Å². The Morgan fingerprint density at radius 3 is 2.48 bits per heavy atom.